The predicted molar refractivity (Wildman–Crippen MR) is 219 cm³/mol. The molecule has 0 saturated heterocycles. The predicted octanol–water partition coefficient (Wildman–Crippen LogP) is 12.7. The fourth-order valence-corrected chi connectivity index (χ4v) is 9.95. The summed E-state index contributed by atoms with van der Waals surface area (Å²) < 4.78 is 2.52. The summed E-state index contributed by atoms with van der Waals surface area (Å²) in [5, 5.41) is 15.4. The van der Waals surface area contributed by atoms with Crippen molar-refractivity contribution in [2.24, 2.45) is 10.8 Å². The first-order chi connectivity index (χ1) is 23.8. The molecule has 0 bridgehead atoms. The summed E-state index contributed by atoms with van der Waals surface area (Å²) in [5.41, 5.74) is 4.09. The van der Waals surface area contributed by atoms with Crippen molar-refractivity contribution in [2.45, 2.75) is 125 Å². The van der Waals surface area contributed by atoms with Crippen molar-refractivity contribution >= 4 is 61.5 Å². The first kappa shape index (κ1) is 41.1. The monoisotopic (exact) mass is 898 g/mol. The maximum absolute atomic E-state index is 12.2. The summed E-state index contributed by atoms with van der Waals surface area (Å²) in [4.78, 5) is 21.7. The Morgan fingerprint density at radius 1 is 0.902 bits per heavy atom. The zero-order valence-corrected chi connectivity index (χ0v) is 36.4. The third-order valence-corrected chi connectivity index (χ3v) is 15.0. The van der Waals surface area contributed by atoms with Crippen LogP contribution < -0.4 is 5.19 Å². The average molecular weight is 898 g/mol. The molecule has 2 heterocycles. The van der Waals surface area contributed by atoms with E-state index in [1.165, 1.54) is 74.5 Å². The number of carbonyl (C=O) groups is 1. The van der Waals surface area contributed by atoms with Crippen LogP contribution in [-0.4, -0.2) is 28.9 Å². The standard InChI is InChI=1S/C29H29N2SSi.C15H28O2.Ir/c1-33(2,3)26-17-22(15-21-11-7-8-12-23(21)26)27-29-28(31-18-30-27)24-14-13-20(16-25(24)32-29)19-9-5-4-6-10-19;1-7-14(5,8-2)12(16)11-13(17)15(6,9-3)10-4;/h7-8,11-14,16-19H,4-6,9-10H2,1-3H3;11,16H,7-10H2,1-6H3;/q-1;;/b;12-11-;. The van der Waals surface area contributed by atoms with Crippen LogP contribution in [0.4, 0.5) is 0 Å². The summed E-state index contributed by atoms with van der Waals surface area (Å²) >= 11 is 1.85. The number of hydrogen-bond acceptors (Lipinski definition) is 5. The van der Waals surface area contributed by atoms with E-state index in [-0.39, 0.29) is 42.5 Å². The molecule has 0 atom stereocenters. The number of aliphatic hydroxyl groups excluding tert-OH is 1. The van der Waals surface area contributed by atoms with E-state index in [0.29, 0.717) is 5.92 Å². The molecule has 7 heteroatoms. The Bertz CT molecular complexity index is 2000. The minimum atomic E-state index is -1.55. The van der Waals surface area contributed by atoms with Crippen LogP contribution in [0.25, 0.3) is 42.3 Å². The Kier molecular flexibility index (Phi) is 13.7. The molecule has 5 aromatic rings. The van der Waals surface area contributed by atoms with Gasteiger partial charge in [-0.2, -0.15) is 0 Å². The molecule has 1 radical (unpaired) electrons. The Balaban J connectivity index is 0.000000279. The van der Waals surface area contributed by atoms with E-state index in [2.05, 4.69) is 74.2 Å². The number of ketones is 1. The number of benzene rings is 3. The second-order valence-corrected chi connectivity index (χ2v) is 22.0. The fraction of sp³-hybridized carbons (Fsp3) is 0.477. The number of hydrogen-bond donors (Lipinski definition) is 1. The van der Waals surface area contributed by atoms with Gasteiger partial charge in [-0.25, -0.2) is 4.98 Å². The summed E-state index contributed by atoms with van der Waals surface area (Å²) in [5.74, 6) is 1.00. The smallest absolute Gasteiger partial charge is 0.164 e. The van der Waals surface area contributed by atoms with Crippen molar-refractivity contribution in [3.05, 3.63) is 78.3 Å². The van der Waals surface area contributed by atoms with Gasteiger partial charge in [-0.3, -0.25) is 9.78 Å². The molecule has 1 saturated carbocycles. The Morgan fingerprint density at radius 3 is 2.18 bits per heavy atom. The maximum Gasteiger partial charge on any atom is 0.164 e. The quantitative estimate of drug-likeness (QED) is 0.0656. The van der Waals surface area contributed by atoms with Gasteiger partial charge in [0.2, 0.25) is 0 Å². The van der Waals surface area contributed by atoms with Crippen LogP contribution in [-0.2, 0) is 24.9 Å². The van der Waals surface area contributed by atoms with E-state index in [0.717, 1.165) is 42.5 Å². The molecule has 1 N–H and O–H groups in total. The van der Waals surface area contributed by atoms with Crippen molar-refractivity contribution in [1.82, 2.24) is 9.97 Å². The largest absolute Gasteiger partial charge is 0.512 e. The van der Waals surface area contributed by atoms with Crippen LogP contribution in [0.2, 0.25) is 19.6 Å². The van der Waals surface area contributed by atoms with Crippen LogP contribution in [0.1, 0.15) is 111 Å². The molecule has 0 unspecified atom stereocenters. The number of nitrogens with zero attached hydrogens (tertiary/aromatic N) is 2. The molecular weight excluding hydrogens is 841 g/mol. The molecule has 1 aliphatic rings. The van der Waals surface area contributed by atoms with Gasteiger partial charge in [-0.05, 0) is 56.1 Å². The molecule has 1 aliphatic carbocycles. The summed E-state index contributed by atoms with van der Waals surface area (Å²) in [6, 6.07) is 21.8. The van der Waals surface area contributed by atoms with Crippen molar-refractivity contribution < 1.29 is 30.0 Å². The van der Waals surface area contributed by atoms with Gasteiger partial charge in [-0.15, -0.1) is 40.1 Å². The van der Waals surface area contributed by atoms with Gasteiger partial charge in [0.25, 0.3) is 0 Å². The Labute approximate surface area is 324 Å². The number of rotatable bonds is 10. The number of thiophene rings is 1. The summed E-state index contributed by atoms with van der Waals surface area (Å²) in [6.07, 6.45) is 13.3. The molecule has 275 valence electrons. The van der Waals surface area contributed by atoms with Gasteiger partial charge < -0.3 is 5.11 Å². The molecule has 51 heavy (non-hydrogen) atoms. The van der Waals surface area contributed by atoms with Crippen LogP contribution in [0.5, 0.6) is 0 Å². The minimum absolute atomic E-state index is 0. The normalized spacial score (nSPS) is 14.7. The van der Waals surface area contributed by atoms with Crippen molar-refractivity contribution in [1.29, 1.82) is 0 Å². The second-order valence-electron chi connectivity index (χ2n) is 15.9. The zero-order valence-electron chi connectivity index (χ0n) is 32.2. The molecular formula is C44H57IrN2O2SSi-. The van der Waals surface area contributed by atoms with Gasteiger partial charge in [0.05, 0.1) is 13.6 Å². The topological polar surface area (TPSA) is 63.1 Å². The number of aromatic nitrogens is 2. The van der Waals surface area contributed by atoms with E-state index in [1.807, 2.05) is 52.9 Å². The Morgan fingerprint density at radius 2 is 1.55 bits per heavy atom. The molecule has 0 amide bonds. The van der Waals surface area contributed by atoms with Crippen LogP contribution in [0, 0.1) is 16.9 Å². The van der Waals surface area contributed by atoms with E-state index in [9.17, 15) is 9.90 Å². The van der Waals surface area contributed by atoms with Crippen molar-refractivity contribution in [3.63, 3.8) is 0 Å². The van der Waals surface area contributed by atoms with Crippen LogP contribution >= 0.6 is 11.3 Å². The molecule has 4 nitrogen and oxygen atoms in total. The summed E-state index contributed by atoms with van der Waals surface area (Å²) in [7, 11) is -1.55. The second kappa shape index (κ2) is 17.0. The molecule has 0 spiro atoms. The van der Waals surface area contributed by atoms with E-state index >= 15 is 0 Å². The number of fused-ring (bicyclic) bond motifs is 4. The first-order valence-electron chi connectivity index (χ1n) is 18.9. The van der Waals surface area contributed by atoms with Gasteiger partial charge >= 0.3 is 0 Å². The molecule has 1 fully saturated rings. The molecule has 3 aromatic carbocycles. The van der Waals surface area contributed by atoms with Gasteiger partial charge in [0.15, 0.2) is 5.78 Å². The molecule has 0 aliphatic heterocycles. The first-order valence-corrected chi connectivity index (χ1v) is 23.2. The Hall–Kier alpha value is -2.70. The summed E-state index contributed by atoms with van der Waals surface area (Å²) in [6.45, 7) is 19.3. The zero-order chi connectivity index (χ0) is 36.3. The van der Waals surface area contributed by atoms with Crippen LogP contribution in [0.15, 0.2) is 66.7 Å². The SMILES string of the molecule is CCC(C)(CC)C(=O)/C=C(\O)C(C)(CC)CC.C[Si](C)(C)c1cc(-c2ncnc3c2sc2cc(C4CCCCC4)ccc23)[c-]c2ccccc12.[Ir]. The molecule has 2 aromatic heterocycles. The number of aliphatic hydroxyl groups is 1. The fourth-order valence-electron chi connectivity index (χ4n) is 7.13. The van der Waals surface area contributed by atoms with E-state index < -0.39 is 8.07 Å². The average Bonchev–Trinajstić information content (AvgIpc) is 3.52. The van der Waals surface area contributed by atoms with E-state index in [4.69, 9.17) is 9.97 Å². The van der Waals surface area contributed by atoms with Crippen molar-refractivity contribution in [3.8, 4) is 11.3 Å². The van der Waals surface area contributed by atoms with Crippen molar-refractivity contribution in [2.75, 3.05) is 0 Å². The number of carbonyl (C=O) groups excluding carboxylic acids is 1. The van der Waals surface area contributed by atoms with Gasteiger partial charge in [0.1, 0.15) is 12.1 Å². The third kappa shape index (κ3) is 8.75. The van der Waals surface area contributed by atoms with Gasteiger partial charge in [-0.1, -0.05) is 122 Å². The van der Waals surface area contributed by atoms with E-state index in [1.54, 1.807) is 6.33 Å². The van der Waals surface area contributed by atoms with Gasteiger partial charge in [0, 0.05) is 57.5 Å². The third-order valence-electron chi connectivity index (χ3n) is 11.8. The minimum Gasteiger partial charge on any atom is -0.512 e. The number of allylic oxidation sites excluding steroid dienone is 2. The maximum atomic E-state index is 12.2. The molecule has 6 rings (SSSR count). The van der Waals surface area contributed by atoms with Crippen LogP contribution in [0.3, 0.4) is 0 Å².